The van der Waals surface area contributed by atoms with Gasteiger partial charge in [-0.3, -0.25) is 9.59 Å². The van der Waals surface area contributed by atoms with Crippen molar-refractivity contribution in [3.63, 3.8) is 0 Å². The maximum Gasteiger partial charge on any atom is 0.460 e. The number of rotatable bonds is 4. The van der Waals surface area contributed by atoms with Crippen LogP contribution in [0.5, 0.6) is 0 Å². The van der Waals surface area contributed by atoms with E-state index in [9.17, 15) is 9.59 Å². The molecule has 15 heavy (non-hydrogen) atoms. The van der Waals surface area contributed by atoms with Crippen LogP contribution in [0.3, 0.4) is 0 Å². The van der Waals surface area contributed by atoms with Gasteiger partial charge >= 0.3 is 7.69 Å². The molecule has 4 nitrogen and oxygen atoms in total. The van der Waals surface area contributed by atoms with E-state index < -0.39 is 21.5 Å². The van der Waals surface area contributed by atoms with Gasteiger partial charge in [0.05, 0.1) is 0 Å². The molecule has 78 valence electrons. The van der Waals surface area contributed by atoms with E-state index in [1.54, 1.807) is 10.8 Å². The van der Waals surface area contributed by atoms with Crippen molar-refractivity contribution in [1.82, 2.24) is 0 Å². The van der Waals surface area contributed by atoms with Crippen LogP contribution in [-0.2, 0) is 17.8 Å². The molecule has 0 aromatic carbocycles. The van der Waals surface area contributed by atoms with Gasteiger partial charge < -0.3 is 8.20 Å². The Morgan fingerprint density at radius 1 is 0.933 bits per heavy atom. The van der Waals surface area contributed by atoms with Crippen molar-refractivity contribution in [2.75, 3.05) is 0 Å². The van der Waals surface area contributed by atoms with Crippen LogP contribution in [0.2, 0.25) is 0 Å². The highest BCUT2D eigenvalue weighted by atomic mass is 32.2. The van der Waals surface area contributed by atoms with Gasteiger partial charge in [0, 0.05) is 10.7 Å². The van der Waals surface area contributed by atoms with Crippen molar-refractivity contribution in [2.24, 2.45) is 0 Å². The quantitative estimate of drug-likeness (QED) is 0.530. The van der Waals surface area contributed by atoms with Gasteiger partial charge in [0.25, 0.3) is 0 Å². The van der Waals surface area contributed by atoms with Gasteiger partial charge in [-0.25, -0.2) is 0 Å². The number of allylic oxidation sites excluding steroid dienone is 2. The molecular weight excluding hydrogens is 235 g/mol. The molecule has 7 heteroatoms. The first kappa shape index (κ1) is 10.8. The van der Waals surface area contributed by atoms with Gasteiger partial charge in [-0.2, -0.15) is 0 Å². The molecule has 0 saturated carbocycles. The van der Waals surface area contributed by atoms with Gasteiger partial charge in [0.15, 0.2) is 11.6 Å². The van der Waals surface area contributed by atoms with Gasteiger partial charge in [-0.05, 0) is 44.5 Å². The summed E-state index contributed by atoms with van der Waals surface area (Å²) < 4.78 is 10.5. The summed E-state index contributed by atoms with van der Waals surface area (Å²) in [5, 5.41) is 6.36. The van der Waals surface area contributed by atoms with Crippen molar-refractivity contribution >= 4 is 51.5 Å². The Kier molecular flexibility index (Phi) is 3.47. The molecule has 2 unspecified atom stereocenters. The number of carbonyl (C=O) groups is 2. The number of hydrogen-bond donors (Lipinski definition) is 0. The van der Waals surface area contributed by atoms with Crippen LogP contribution in [0, 0.1) is 0 Å². The highest BCUT2D eigenvalue weighted by molar-refractivity contribution is 8.16. The van der Waals surface area contributed by atoms with Crippen molar-refractivity contribution in [1.29, 1.82) is 0 Å². The standard InChI is InChI=1S/C8H7BO4S2/c10-7-1-3-14(5-7)12-9-13-15-4-2-8(11)6-15/h1-6,9H. The minimum absolute atomic E-state index is 0.0386. The molecule has 2 atom stereocenters. The third-order valence-electron chi connectivity index (χ3n) is 1.57. The summed E-state index contributed by atoms with van der Waals surface area (Å²) >= 11 is 0. The minimum Gasteiger partial charge on any atom is -0.348 e. The molecule has 0 aromatic heterocycles. The molecular formula is C8H7BO4S2. The Morgan fingerprint density at radius 3 is 1.73 bits per heavy atom. The fourth-order valence-electron chi connectivity index (χ4n) is 0.932. The summed E-state index contributed by atoms with van der Waals surface area (Å²) in [5.41, 5.74) is 0. The zero-order valence-corrected chi connectivity index (χ0v) is 9.25. The largest absolute Gasteiger partial charge is 0.460 e. The van der Waals surface area contributed by atoms with E-state index in [4.69, 9.17) is 8.20 Å². The second kappa shape index (κ2) is 4.85. The SMILES string of the molecule is O=C1C=CS(OBOS2=CC(=O)C=C2)=C1. The molecule has 0 spiro atoms. The molecule has 0 amide bonds. The van der Waals surface area contributed by atoms with Gasteiger partial charge in [0.1, 0.15) is 0 Å². The van der Waals surface area contributed by atoms with Crippen molar-refractivity contribution in [3.8, 4) is 0 Å². The molecule has 2 aliphatic heterocycles. The van der Waals surface area contributed by atoms with Crippen LogP contribution in [0.1, 0.15) is 0 Å². The summed E-state index contributed by atoms with van der Waals surface area (Å²) in [6.07, 6.45) is 2.94. The molecule has 0 N–H and O–H groups in total. The molecule has 2 heterocycles. The van der Waals surface area contributed by atoms with E-state index in [1.807, 2.05) is 0 Å². The monoisotopic (exact) mass is 242 g/mol. The smallest absolute Gasteiger partial charge is 0.348 e. The highest BCUT2D eigenvalue weighted by Crippen LogP contribution is 2.23. The maximum absolute atomic E-state index is 10.8. The van der Waals surface area contributed by atoms with Gasteiger partial charge in [-0.15, -0.1) is 0 Å². The van der Waals surface area contributed by atoms with Crippen LogP contribution in [-0.4, -0.2) is 30.0 Å². The topological polar surface area (TPSA) is 52.6 Å². The average molecular weight is 242 g/mol. The van der Waals surface area contributed by atoms with E-state index in [0.29, 0.717) is 0 Å². The van der Waals surface area contributed by atoms with E-state index >= 15 is 0 Å². The summed E-state index contributed by atoms with van der Waals surface area (Å²) in [6, 6.07) is 0. The molecule has 0 aliphatic carbocycles. The van der Waals surface area contributed by atoms with E-state index in [-0.39, 0.29) is 19.3 Å². The Morgan fingerprint density at radius 2 is 1.40 bits per heavy atom. The number of carbonyl (C=O) groups excluding carboxylic acids is 2. The lowest BCUT2D eigenvalue weighted by molar-refractivity contribution is -0.109. The zero-order valence-electron chi connectivity index (χ0n) is 7.62. The van der Waals surface area contributed by atoms with Crippen molar-refractivity contribution < 1.29 is 17.8 Å². The van der Waals surface area contributed by atoms with Crippen molar-refractivity contribution in [3.05, 3.63) is 23.0 Å². The molecule has 0 fully saturated rings. The number of hydrogen-bond acceptors (Lipinski definition) is 4. The highest BCUT2D eigenvalue weighted by Gasteiger charge is 2.08. The molecule has 0 aromatic rings. The van der Waals surface area contributed by atoms with Crippen LogP contribution in [0.15, 0.2) is 23.0 Å². The summed E-state index contributed by atoms with van der Waals surface area (Å²) in [6.45, 7) is 0. The van der Waals surface area contributed by atoms with Crippen LogP contribution in [0.25, 0.3) is 0 Å². The van der Waals surface area contributed by atoms with E-state index in [2.05, 4.69) is 0 Å². The Balaban J connectivity index is 1.77. The van der Waals surface area contributed by atoms with Gasteiger partial charge in [-0.1, -0.05) is 0 Å². The van der Waals surface area contributed by atoms with Gasteiger partial charge in [0.2, 0.25) is 0 Å². The third kappa shape index (κ3) is 3.10. The van der Waals surface area contributed by atoms with Crippen LogP contribution < -0.4 is 0 Å². The Bertz CT molecular complexity index is 396. The first-order valence-corrected chi connectivity index (χ1v) is 6.64. The molecule has 0 saturated heterocycles. The minimum atomic E-state index is -0.565. The van der Waals surface area contributed by atoms with Crippen molar-refractivity contribution in [2.45, 2.75) is 0 Å². The van der Waals surface area contributed by atoms with E-state index in [0.717, 1.165) is 0 Å². The fraction of sp³-hybridized carbons (Fsp3) is 0. The molecule has 0 radical (unpaired) electrons. The predicted octanol–water partition coefficient (Wildman–Crippen LogP) is 0.451. The van der Waals surface area contributed by atoms with Crippen LogP contribution >= 0.6 is 21.5 Å². The Hall–Kier alpha value is -0.755. The summed E-state index contributed by atoms with van der Waals surface area (Å²) in [5.74, 6) is -0.0773. The second-order valence-electron chi connectivity index (χ2n) is 2.66. The first-order chi connectivity index (χ1) is 7.24. The molecule has 2 rings (SSSR count). The fourth-order valence-corrected chi connectivity index (χ4v) is 2.91. The average Bonchev–Trinajstić information content (AvgIpc) is 2.76. The Labute approximate surface area is 92.5 Å². The molecule has 2 aliphatic rings. The maximum atomic E-state index is 10.8. The van der Waals surface area contributed by atoms with E-state index in [1.165, 1.54) is 22.9 Å². The lowest BCUT2D eigenvalue weighted by Gasteiger charge is -2.02. The first-order valence-electron chi connectivity index (χ1n) is 4.08. The lowest BCUT2D eigenvalue weighted by Crippen LogP contribution is -1.96. The predicted molar refractivity (Wildman–Crippen MR) is 64.9 cm³/mol. The zero-order chi connectivity index (χ0) is 10.7. The molecule has 0 bridgehead atoms. The lowest BCUT2D eigenvalue weighted by atomic mass is 10.4. The van der Waals surface area contributed by atoms with Crippen LogP contribution in [0.4, 0.5) is 0 Å². The summed E-state index contributed by atoms with van der Waals surface area (Å²) in [4.78, 5) is 21.6. The number of ketones is 2. The summed E-state index contributed by atoms with van der Waals surface area (Å²) in [7, 11) is -1.05. The second-order valence-corrected chi connectivity index (χ2v) is 5.46. The third-order valence-corrected chi connectivity index (χ3v) is 4.04. The normalized spacial score (nSPS) is 28.0.